The highest BCUT2D eigenvalue weighted by atomic mass is 16.2. The zero-order valence-corrected chi connectivity index (χ0v) is 33.8. The zero-order valence-electron chi connectivity index (χ0n) is 33.8. The van der Waals surface area contributed by atoms with Crippen LogP contribution in [0.25, 0.3) is 0 Å². The number of anilines is 1. The Kier molecular flexibility index (Phi) is 11.0. The van der Waals surface area contributed by atoms with Crippen molar-refractivity contribution in [3.05, 3.63) is 35.0 Å². The van der Waals surface area contributed by atoms with Gasteiger partial charge < -0.3 is 21.0 Å². The van der Waals surface area contributed by atoms with Crippen molar-refractivity contribution >= 4 is 29.6 Å². The number of hydrogen-bond acceptors (Lipinski definition) is 7. The molecule has 7 rings (SSSR count). The summed E-state index contributed by atoms with van der Waals surface area (Å²) >= 11 is 0. The molecule has 1 amide bonds. The van der Waals surface area contributed by atoms with Gasteiger partial charge in [0.1, 0.15) is 17.9 Å². The lowest BCUT2D eigenvalue weighted by molar-refractivity contribution is -0.193. The second kappa shape index (κ2) is 14.7. The Balaban J connectivity index is 0.00000236. The van der Waals surface area contributed by atoms with Crippen molar-refractivity contribution in [2.45, 2.75) is 126 Å². The number of amides is 1. The summed E-state index contributed by atoms with van der Waals surface area (Å²) in [5.74, 6) is 4.15. The molecule has 6 aliphatic carbocycles. The molecule has 4 N–H and O–H groups in total. The smallest absolute Gasteiger partial charge is 0.252 e. The van der Waals surface area contributed by atoms with Gasteiger partial charge in [0.25, 0.3) is 5.91 Å². The molecule has 0 radical (unpaired) electrons. The van der Waals surface area contributed by atoms with Gasteiger partial charge in [-0.2, -0.15) is 0 Å². The van der Waals surface area contributed by atoms with E-state index in [2.05, 4.69) is 58.8 Å². The van der Waals surface area contributed by atoms with Crippen LogP contribution in [0.15, 0.2) is 29.5 Å². The standard InChI is InChI=1S/C44H63N3O4.CH4O/c1-25(2)38-34(50)22-44(18-19-46-40(51)27-8-11-37(45)47-23-27)17-13-32-30(39(38)44)9-10-36-42(32,6)16-14-35-41(4,5)29(12-15-43(35,36)7)21-33(49)31-20-28(24-48)26(31)3;1-2/h8,11,23-26,28-32,35-36H,9-10,12-22H2,1-7H3,(H2,45,47)(H,46,51);2H,1H3. The van der Waals surface area contributed by atoms with Gasteiger partial charge in [0, 0.05) is 49.9 Å². The van der Waals surface area contributed by atoms with E-state index in [-0.39, 0.29) is 51.2 Å². The van der Waals surface area contributed by atoms with Crippen LogP contribution in [-0.2, 0) is 14.4 Å². The Bertz CT molecular complexity index is 1620. The van der Waals surface area contributed by atoms with E-state index in [1.807, 2.05) is 0 Å². The van der Waals surface area contributed by atoms with Crippen LogP contribution in [0.3, 0.4) is 0 Å². The molecule has 11 atom stereocenters. The van der Waals surface area contributed by atoms with E-state index in [1.165, 1.54) is 37.5 Å². The summed E-state index contributed by atoms with van der Waals surface area (Å²) in [6, 6.07) is 3.37. The number of Topliss-reactive ketones (excluding diaryl/α,β-unsaturated/α-hetero) is 2. The third-order valence-corrected chi connectivity index (χ3v) is 16.8. The molecule has 0 aliphatic heterocycles. The topological polar surface area (TPSA) is 139 Å². The van der Waals surface area contributed by atoms with Gasteiger partial charge >= 0.3 is 0 Å². The van der Waals surface area contributed by atoms with Crippen molar-refractivity contribution in [1.29, 1.82) is 0 Å². The molecule has 6 aliphatic rings. The molecule has 8 heteroatoms. The highest BCUT2D eigenvalue weighted by Crippen LogP contribution is 2.74. The van der Waals surface area contributed by atoms with Gasteiger partial charge in [-0.1, -0.05) is 54.0 Å². The Labute approximate surface area is 318 Å². The van der Waals surface area contributed by atoms with E-state index >= 15 is 0 Å². The number of hydrogen-bond donors (Lipinski definition) is 3. The van der Waals surface area contributed by atoms with Crippen molar-refractivity contribution in [3.63, 3.8) is 0 Å². The Hall–Kier alpha value is -2.87. The van der Waals surface area contributed by atoms with Crippen molar-refractivity contribution in [2.75, 3.05) is 19.4 Å². The average molecular weight is 730 g/mol. The minimum absolute atomic E-state index is 0.0615. The highest BCUT2D eigenvalue weighted by Gasteiger charge is 2.66. The third kappa shape index (κ3) is 6.44. The lowest BCUT2D eigenvalue weighted by Crippen LogP contribution is -2.62. The van der Waals surface area contributed by atoms with Gasteiger partial charge in [0.15, 0.2) is 5.78 Å². The van der Waals surface area contributed by atoms with Gasteiger partial charge in [-0.05, 0) is 140 Å². The second-order valence-electron chi connectivity index (χ2n) is 19.6. The van der Waals surface area contributed by atoms with Crippen LogP contribution < -0.4 is 11.1 Å². The number of aromatic nitrogens is 1. The lowest BCUT2D eigenvalue weighted by atomic mass is 9.35. The van der Waals surface area contributed by atoms with Crippen LogP contribution in [0.2, 0.25) is 0 Å². The maximum atomic E-state index is 13.9. The SMILES string of the molecule is CC(C)C1=C2C3CCC4C(C)(CCC5C(C)(C)C(CC(=O)C6CC(C=O)C6C)CCC54C)C3CCC2(CCNC(=O)c2ccc(N)nc2)CC1=O.CO. The number of nitrogens with two attached hydrogens (primary N) is 1. The number of nitrogens with zero attached hydrogens (tertiary/aromatic N) is 1. The van der Waals surface area contributed by atoms with Crippen molar-refractivity contribution < 1.29 is 24.3 Å². The normalized spacial score (nSPS) is 39.7. The fraction of sp³-hybridized carbons (Fsp3) is 0.756. The summed E-state index contributed by atoms with van der Waals surface area (Å²) in [6.45, 7) is 17.2. The van der Waals surface area contributed by atoms with E-state index in [0.29, 0.717) is 71.9 Å². The molecule has 0 spiro atoms. The number of nitrogen functional groups attached to an aromatic ring is 1. The van der Waals surface area contributed by atoms with Gasteiger partial charge in [0.05, 0.1) is 5.56 Å². The second-order valence-corrected chi connectivity index (χ2v) is 19.6. The molecule has 11 unspecified atom stereocenters. The molecule has 0 bridgehead atoms. The van der Waals surface area contributed by atoms with Gasteiger partial charge in [-0.3, -0.25) is 14.4 Å². The predicted molar refractivity (Wildman–Crippen MR) is 208 cm³/mol. The van der Waals surface area contributed by atoms with E-state index in [4.69, 9.17) is 10.8 Å². The van der Waals surface area contributed by atoms with Crippen molar-refractivity contribution in [1.82, 2.24) is 10.3 Å². The maximum absolute atomic E-state index is 13.9. The van der Waals surface area contributed by atoms with E-state index in [1.54, 1.807) is 12.1 Å². The molecule has 0 aromatic carbocycles. The molecule has 5 saturated carbocycles. The summed E-state index contributed by atoms with van der Waals surface area (Å²) < 4.78 is 0. The number of rotatable bonds is 9. The van der Waals surface area contributed by atoms with Crippen LogP contribution in [0, 0.1) is 74.9 Å². The number of carbonyl (C=O) groups is 4. The van der Waals surface area contributed by atoms with Crippen LogP contribution in [0.4, 0.5) is 5.82 Å². The first kappa shape index (κ1) is 39.8. The van der Waals surface area contributed by atoms with Crippen molar-refractivity contribution in [2.24, 2.45) is 74.9 Å². The summed E-state index contributed by atoms with van der Waals surface area (Å²) in [5, 5.41) is 10.1. The Morgan fingerprint density at radius 1 is 1.00 bits per heavy atom. The molecule has 292 valence electrons. The number of aliphatic hydroxyl groups excluding tert-OH is 1. The molecule has 1 heterocycles. The number of ketones is 2. The molecule has 1 aromatic rings. The zero-order chi connectivity index (χ0) is 38.7. The quantitative estimate of drug-likeness (QED) is 0.219. The number of nitrogens with one attached hydrogen (secondary N) is 1. The van der Waals surface area contributed by atoms with Gasteiger partial charge in [0.2, 0.25) is 0 Å². The van der Waals surface area contributed by atoms with Gasteiger partial charge in [-0.25, -0.2) is 4.98 Å². The number of carbonyl (C=O) groups excluding carboxylic acids is 4. The summed E-state index contributed by atoms with van der Waals surface area (Å²) in [7, 11) is 1.00. The Morgan fingerprint density at radius 3 is 2.36 bits per heavy atom. The summed E-state index contributed by atoms with van der Waals surface area (Å²) in [5.41, 5.74) is 9.21. The largest absolute Gasteiger partial charge is 0.400 e. The lowest BCUT2D eigenvalue weighted by Gasteiger charge is -2.69. The number of fused-ring (bicyclic) bond motifs is 7. The van der Waals surface area contributed by atoms with Crippen LogP contribution in [0.1, 0.15) is 136 Å². The minimum Gasteiger partial charge on any atom is -0.400 e. The van der Waals surface area contributed by atoms with Crippen LogP contribution >= 0.6 is 0 Å². The summed E-state index contributed by atoms with van der Waals surface area (Å²) in [4.78, 5) is 55.9. The molecular formula is C45H67N3O5. The predicted octanol–water partition coefficient (Wildman–Crippen LogP) is 8.03. The first-order chi connectivity index (χ1) is 25.1. The fourth-order valence-electron chi connectivity index (χ4n) is 14.1. The number of allylic oxidation sites excluding steroid dienone is 2. The molecule has 0 saturated heterocycles. The van der Waals surface area contributed by atoms with Gasteiger partial charge in [-0.15, -0.1) is 0 Å². The van der Waals surface area contributed by atoms with Crippen LogP contribution in [0.5, 0.6) is 0 Å². The third-order valence-electron chi connectivity index (χ3n) is 16.8. The molecule has 8 nitrogen and oxygen atoms in total. The first-order valence-corrected chi connectivity index (χ1v) is 20.8. The maximum Gasteiger partial charge on any atom is 0.252 e. The van der Waals surface area contributed by atoms with E-state index in [9.17, 15) is 19.2 Å². The Morgan fingerprint density at radius 2 is 1.72 bits per heavy atom. The van der Waals surface area contributed by atoms with E-state index < -0.39 is 0 Å². The fourth-order valence-corrected chi connectivity index (χ4v) is 14.1. The summed E-state index contributed by atoms with van der Waals surface area (Å²) in [6.07, 6.45) is 14.7. The molecular weight excluding hydrogens is 663 g/mol. The highest BCUT2D eigenvalue weighted by molar-refractivity contribution is 6.00. The molecule has 1 aromatic heterocycles. The molecule has 5 fully saturated rings. The first-order valence-electron chi connectivity index (χ1n) is 20.8. The average Bonchev–Trinajstić information content (AvgIpc) is 3.42. The minimum atomic E-state index is -0.162. The van der Waals surface area contributed by atoms with Crippen LogP contribution in [-0.4, -0.2) is 47.5 Å². The van der Waals surface area contributed by atoms with Crippen molar-refractivity contribution in [3.8, 4) is 0 Å². The molecule has 53 heavy (non-hydrogen) atoms. The monoisotopic (exact) mass is 730 g/mol. The number of pyridine rings is 1. The number of aliphatic hydroxyl groups is 1. The number of aldehydes is 1. The van der Waals surface area contributed by atoms with E-state index in [0.717, 1.165) is 57.5 Å².